The van der Waals surface area contributed by atoms with Crippen LogP contribution in [0.25, 0.3) is 0 Å². The molecule has 4 N–H and O–H groups in total. The van der Waals surface area contributed by atoms with Crippen LogP contribution < -0.4 is 21.1 Å². The lowest BCUT2D eigenvalue weighted by Crippen LogP contribution is -2.22. The van der Waals surface area contributed by atoms with Gasteiger partial charge in [-0.1, -0.05) is 12.1 Å². The number of ether oxygens (including phenoxy) is 1. The number of hydrogen-bond donors (Lipinski definition) is 3. The summed E-state index contributed by atoms with van der Waals surface area (Å²) in [5, 5.41) is 15.7. The molecule has 2 aromatic carbocycles. The summed E-state index contributed by atoms with van der Waals surface area (Å²) in [6, 6.07) is 9.27. The fraction of sp³-hybridized carbons (Fsp3) is 0.0667. The Kier molecular flexibility index (Phi) is 4.95. The molecule has 0 unspecified atom stereocenters. The molecule has 0 aliphatic heterocycles. The number of nitro benzene ring substituents is 1. The lowest BCUT2D eigenvalue weighted by molar-refractivity contribution is -0.384. The van der Waals surface area contributed by atoms with Gasteiger partial charge in [0, 0.05) is 12.1 Å². The molecule has 2 rings (SSSR count). The van der Waals surface area contributed by atoms with Gasteiger partial charge in [0.1, 0.15) is 5.75 Å². The molecular formula is C15H14N4O5. The zero-order valence-corrected chi connectivity index (χ0v) is 12.6. The number of urea groups is 1. The Morgan fingerprint density at radius 2 is 1.79 bits per heavy atom. The molecule has 0 aromatic heterocycles. The molecule has 0 saturated heterocycles. The van der Waals surface area contributed by atoms with Gasteiger partial charge in [-0.15, -0.1) is 0 Å². The SMILES string of the molecule is COc1ccc([N+](=O)[O-])cc1NC(=O)Nc1ccccc1C(N)=O. The van der Waals surface area contributed by atoms with E-state index in [1.165, 1.54) is 37.4 Å². The third kappa shape index (κ3) is 3.77. The summed E-state index contributed by atoms with van der Waals surface area (Å²) in [6.45, 7) is 0. The van der Waals surface area contributed by atoms with Crippen molar-refractivity contribution in [1.82, 2.24) is 0 Å². The van der Waals surface area contributed by atoms with Crippen LogP contribution in [-0.2, 0) is 0 Å². The molecular weight excluding hydrogens is 316 g/mol. The first-order valence-corrected chi connectivity index (χ1v) is 6.71. The summed E-state index contributed by atoms with van der Waals surface area (Å²) in [5.74, 6) is -0.447. The number of anilines is 2. The number of amides is 3. The van der Waals surface area contributed by atoms with Gasteiger partial charge in [-0.05, 0) is 18.2 Å². The Morgan fingerprint density at radius 3 is 2.42 bits per heavy atom. The number of para-hydroxylation sites is 1. The molecule has 0 heterocycles. The largest absolute Gasteiger partial charge is 0.495 e. The van der Waals surface area contributed by atoms with Crippen LogP contribution in [0.4, 0.5) is 21.9 Å². The van der Waals surface area contributed by atoms with Crippen molar-refractivity contribution in [2.45, 2.75) is 0 Å². The van der Waals surface area contributed by atoms with Crippen molar-refractivity contribution in [2.75, 3.05) is 17.7 Å². The van der Waals surface area contributed by atoms with Crippen molar-refractivity contribution in [3.8, 4) is 5.75 Å². The number of nitrogens with two attached hydrogens (primary N) is 1. The molecule has 124 valence electrons. The minimum atomic E-state index is -0.706. The molecule has 2 aromatic rings. The number of non-ortho nitro benzene ring substituents is 1. The monoisotopic (exact) mass is 330 g/mol. The Labute approximate surface area is 136 Å². The number of methoxy groups -OCH3 is 1. The van der Waals surface area contributed by atoms with Gasteiger partial charge in [-0.3, -0.25) is 14.9 Å². The molecule has 0 aliphatic rings. The van der Waals surface area contributed by atoms with Crippen LogP contribution in [0.15, 0.2) is 42.5 Å². The van der Waals surface area contributed by atoms with Crippen molar-refractivity contribution >= 4 is 29.0 Å². The van der Waals surface area contributed by atoms with Crippen molar-refractivity contribution < 1.29 is 19.2 Å². The third-order valence-corrected chi connectivity index (χ3v) is 3.08. The van der Waals surface area contributed by atoms with Crippen LogP contribution in [0.1, 0.15) is 10.4 Å². The number of nitrogens with zero attached hydrogens (tertiary/aromatic N) is 1. The predicted octanol–water partition coefficient (Wildman–Crippen LogP) is 2.35. The third-order valence-electron chi connectivity index (χ3n) is 3.08. The summed E-state index contributed by atoms with van der Waals surface area (Å²) in [6.07, 6.45) is 0. The maximum atomic E-state index is 12.1. The van der Waals surface area contributed by atoms with Crippen molar-refractivity contribution in [3.63, 3.8) is 0 Å². The van der Waals surface area contributed by atoms with Gasteiger partial charge in [0.2, 0.25) is 0 Å². The average Bonchev–Trinajstić information content (AvgIpc) is 2.54. The highest BCUT2D eigenvalue weighted by Crippen LogP contribution is 2.29. The first-order chi connectivity index (χ1) is 11.4. The van der Waals surface area contributed by atoms with E-state index in [9.17, 15) is 19.7 Å². The van der Waals surface area contributed by atoms with E-state index in [2.05, 4.69) is 10.6 Å². The number of rotatable bonds is 5. The number of primary amides is 1. The summed E-state index contributed by atoms with van der Waals surface area (Å²) in [7, 11) is 1.37. The molecule has 0 bridgehead atoms. The maximum absolute atomic E-state index is 12.1. The molecule has 9 nitrogen and oxygen atoms in total. The molecule has 0 radical (unpaired) electrons. The first-order valence-electron chi connectivity index (χ1n) is 6.71. The number of nitro groups is 1. The van der Waals surface area contributed by atoms with Gasteiger partial charge >= 0.3 is 6.03 Å². The molecule has 9 heteroatoms. The van der Waals surface area contributed by atoms with Crippen molar-refractivity contribution in [2.24, 2.45) is 5.73 Å². The first kappa shape index (κ1) is 16.7. The van der Waals surface area contributed by atoms with E-state index in [1.54, 1.807) is 12.1 Å². The molecule has 24 heavy (non-hydrogen) atoms. The van der Waals surface area contributed by atoms with Crippen LogP contribution in [0.2, 0.25) is 0 Å². The minimum absolute atomic E-state index is 0.112. The highest BCUT2D eigenvalue weighted by atomic mass is 16.6. The highest BCUT2D eigenvalue weighted by molar-refractivity contribution is 6.06. The van der Waals surface area contributed by atoms with Gasteiger partial charge < -0.3 is 21.1 Å². The van der Waals surface area contributed by atoms with Crippen LogP contribution in [0, 0.1) is 10.1 Å². The van der Waals surface area contributed by atoms with Crippen molar-refractivity contribution in [1.29, 1.82) is 0 Å². The van der Waals surface area contributed by atoms with E-state index in [0.29, 0.717) is 0 Å². The number of carbonyl (C=O) groups excluding carboxylic acids is 2. The average molecular weight is 330 g/mol. The number of benzene rings is 2. The number of carbonyl (C=O) groups is 2. The molecule has 0 spiro atoms. The topological polar surface area (TPSA) is 137 Å². The van der Waals surface area contributed by atoms with Crippen LogP contribution >= 0.6 is 0 Å². The Bertz CT molecular complexity index is 806. The second kappa shape index (κ2) is 7.09. The van der Waals surface area contributed by atoms with E-state index >= 15 is 0 Å². The Hall–Kier alpha value is -3.62. The Balaban J connectivity index is 2.23. The number of nitrogens with one attached hydrogen (secondary N) is 2. The zero-order chi connectivity index (χ0) is 17.7. The van der Waals surface area contributed by atoms with Crippen LogP contribution in [-0.4, -0.2) is 24.0 Å². The van der Waals surface area contributed by atoms with E-state index in [4.69, 9.17) is 10.5 Å². The fourth-order valence-electron chi connectivity index (χ4n) is 1.99. The zero-order valence-electron chi connectivity index (χ0n) is 12.6. The Morgan fingerprint density at radius 1 is 1.12 bits per heavy atom. The van der Waals surface area contributed by atoms with Gasteiger partial charge in [0.15, 0.2) is 0 Å². The van der Waals surface area contributed by atoms with Crippen LogP contribution in [0.5, 0.6) is 5.75 Å². The van der Waals surface area contributed by atoms with Gasteiger partial charge in [0.25, 0.3) is 11.6 Å². The van der Waals surface area contributed by atoms with E-state index in [1.807, 2.05) is 0 Å². The predicted molar refractivity (Wildman–Crippen MR) is 87.2 cm³/mol. The lowest BCUT2D eigenvalue weighted by atomic mass is 10.1. The second-order valence-electron chi connectivity index (χ2n) is 4.63. The van der Waals surface area contributed by atoms with Gasteiger partial charge in [0.05, 0.1) is 29.0 Å². The summed E-state index contributed by atoms with van der Waals surface area (Å²) < 4.78 is 5.05. The van der Waals surface area contributed by atoms with Crippen LogP contribution in [0.3, 0.4) is 0 Å². The lowest BCUT2D eigenvalue weighted by Gasteiger charge is -2.12. The van der Waals surface area contributed by atoms with E-state index in [-0.39, 0.29) is 28.4 Å². The van der Waals surface area contributed by atoms with Gasteiger partial charge in [-0.25, -0.2) is 4.79 Å². The molecule has 0 atom stereocenters. The molecule has 0 aliphatic carbocycles. The van der Waals surface area contributed by atoms with Crippen molar-refractivity contribution in [3.05, 3.63) is 58.1 Å². The maximum Gasteiger partial charge on any atom is 0.323 e. The smallest absolute Gasteiger partial charge is 0.323 e. The van der Waals surface area contributed by atoms with E-state index in [0.717, 1.165) is 0 Å². The summed E-state index contributed by atoms with van der Waals surface area (Å²) >= 11 is 0. The summed E-state index contributed by atoms with van der Waals surface area (Å²) in [5.41, 5.74) is 5.50. The standard InChI is InChI=1S/C15H14N4O5/c1-24-13-7-6-9(19(22)23)8-12(13)18-15(21)17-11-5-3-2-4-10(11)14(16)20/h2-8H,1H3,(H2,16,20)(H2,17,18,21). The molecule has 0 saturated carbocycles. The highest BCUT2D eigenvalue weighted by Gasteiger charge is 2.15. The molecule has 0 fully saturated rings. The number of hydrogen-bond acceptors (Lipinski definition) is 5. The minimum Gasteiger partial charge on any atom is -0.495 e. The molecule has 3 amide bonds. The summed E-state index contributed by atoms with van der Waals surface area (Å²) in [4.78, 5) is 33.7. The second-order valence-corrected chi connectivity index (χ2v) is 4.63. The normalized spacial score (nSPS) is 9.88. The fourth-order valence-corrected chi connectivity index (χ4v) is 1.99. The quantitative estimate of drug-likeness (QED) is 0.571. The van der Waals surface area contributed by atoms with E-state index < -0.39 is 16.9 Å². The van der Waals surface area contributed by atoms with Gasteiger partial charge in [-0.2, -0.15) is 0 Å².